The number of benzene rings is 1. The minimum atomic E-state index is -0.191. The Hall–Kier alpha value is -2.50. The minimum Gasteiger partial charge on any atom is -0.373 e. The summed E-state index contributed by atoms with van der Waals surface area (Å²) in [5, 5.41) is 10.4. The van der Waals surface area contributed by atoms with Crippen LogP contribution in [0, 0.1) is 13.8 Å². The number of nitrogens with one attached hydrogen (secondary N) is 2. The van der Waals surface area contributed by atoms with Crippen LogP contribution in [0.15, 0.2) is 24.3 Å². The summed E-state index contributed by atoms with van der Waals surface area (Å²) in [6, 6.07) is 7.64. The molecule has 2 aromatic rings. The Morgan fingerprint density at radius 3 is 2.60 bits per heavy atom. The maximum Gasteiger partial charge on any atom is 0.319 e. The van der Waals surface area contributed by atoms with Gasteiger partial charge in [0.05, 0.1) is 17.1 Å². The molecule has 1 atom stereocenters. The Bertz CT molecular complexity index is 737. The smallest absolute Gasteiger partial charge is 0.319 e. The lowest BCUT2D eigenvalue weighted by Crippen LogP contribution is -2.37. The van der Waals surface area contributed by atoms with E-state index in [4.69, 9.17) is 0 Å². The van der Waals surface area contributed by atoms with E-state index < -0.39 is 0 Å². The van der Waals surface area contributed by atoms with Crippen LogP contribution in [-0.4, -0.2) is 35.4 Å². The number of nitrogens with zero attached hydrogens (tertiary/aromatic N) is 3. The molecule has 0 aliphatic heterocycles. The SMILES string of the molecule is CCN(C)c1ccccc1NC(=O)NC(C)Cc1c(C)nn(C)c1C. The number of carbonyl (C=O) groups excluding carboxylic acids is 1. The predicted octanol–water partition coefficient (Wildman–Crippen LogP) is 3.25. The van der Waals surface area contributed by atoms with Gasteiger partial charge in [-0.2, -0.15) is 5.10 Å². The number of carbonyl (C=O) groups is 1. The van der Waals surface area contributed by atoms with Gasteiger partial charge in [-0.25, -0.2) is 4.79 Å². The van der Waals surface area contributed by atoms with Crippen LogP contribution in [0.4, 0.5) is 16.2 Å². The average Bonchev–Trinajstić information content (AvgIpc) is 2.80. The fraction of sp³-hybridized carbons (Fsp3) is 0.474. The van der Waals surface area contributed by atoms with Gasteiger partial charge in [-0.05, 0) is 51.8 Å². The summed E-state index contributed by atoms with van der Waals surface area (Å²) in [5.41, 5.74) is 5.17. The van der Waals surface area contributed by atoms with Gasteiger partial charge in [-0.3, -0.25) is 4.68 Å². The molecule has 1 aromatic heterocycles. The molecular weight excluding hydrogens is 314 g/mol. The normalized spacial score (nSPS) is 11.9. The van der Waals surface area contributed by atoms with Crippen molar-refractivity contribution in [3.05, 3.63) is 41.2 Å². The number of amides is 2. The summed E-state index contributed by atoms with van der Waals surface area (Å²) >= 11 is 0. The topological polar surface area (TPSA) is 62.2 Å². The third-order valence-corrected chi connectivity index (χ3v) is 4.58. The highest BCUT2D eigenvalue weighted by molar-refractivity contribution is 5.93. The fourth-order valence-corrected chi connectivity index (χ4v) is 2.93. The molecule has 6 heteroatoms. The zero-order valence-electron chi connectivity index (χ0n) is 16.1. The van der Waals surface area contributed by atoms with Gasteiger partial charge in [0.2, 0.25) is 0 Å². The van der Waals surface area contributed by atoms with Crippen LogP contribution < -0.4 is 15.5 Å². The van der Waals surface area contributed by atoms with Crippen molar-refractivity contribution in [3.63, 3.8) is 0 Å². The Morgan fingerprint density at radius 1 is 1.32 bits per heavy atom. The van der Waals surface area contributed by atoms with E-state index in [-0.39, 0.29) is 12.1 Å². The molecule has 25 heavy (non-hydrogen) atoms. The maximum absolute atomic E-state index is 12.4. The number of para-hydroxylation sites is 2. The molecule has 0 aliphatic carbocycles. The average molecular weight is 343 g/mol. The highest BCUT2D eigenvalue weighted by atomic mass is 16.2. The second-order valence-corrected chi connectivity index (χ2v) is 6.51. The maximum atomic E-state index is 12.4. The summed E-state index contributed by atoms with van der Waals surface area (Å²) in [6.45, 7) is 9.02. The van der Waals surface area contributed by atoms with Crippen molar-refractivity contribution in [1.82, 2.24) is 15.1 Å². The van der Waals surface area contributed by atoms with Crippen molar-refractivity contribution in [2.75, 3.05) is 23.8 Å². The molecule has 0 fully saturated rings. The molecule has 2 N–H and O–H groups in total. The molecule has 0 aliphatic rings. The van der Waals surface area contributed by atoms with E-state index >= 15 is 0 Å². The molecule has 2 amide bonds. The number of rotatable bonds is 6. The molecule has 6 nitrogen and oxygen atoms in total. The standard InChI is InChI=1S/C19H29N5O/c1-7-23(5)18-11-9-8-10-17(18)21-19(25)20-13(2)12-16-14(3)22-24(6)15(16)4/h8-11,13H,7,12H2,1-6H3,(H2,20,21,25). The number of hydrogen-bond acceptors (Lipinski definition) is 3. The lowest BCUT2D eigenvalue weighted by molar-refractivity contribution is 0.249. The molecule has 0 bridgehead atoms. The number of hydrogen-bond donors (Lipinski definition) is 2. The van der Waals surface area contributed by atoms with Gasteiger partial charge in [0, 0.05) is 32.4 Å². The lowest BCUT2D eigenvalue weighted by atomic mass is 10.1. The van der Waals surface area contributed by atoms with E-state index in [2.05, 4.69) is 34.5 Å². The molecule has 2 rings (SSSR count). The van der Waals surface area contributed by atoms with Crippen LogP contribution in [0.25, 0.3) is 0 Å². The molecule has 136 valence electrons. The van der Waals surface area contributed by atoms with Crippen molar-refractivity contribution in [1.29, 1.82) is 0 Å². The van der Waals surface area contributed by atoms with Gasteiger partial charge in [-0.15, -0.1) is 0 Å². The summed E-state index contributed by atoms with van der Waals surface area (Å²) < 4.78 is 1.88. The van der Waals surface area contributed by atoms with Crippen molar-refractivity contribution >= 4 is 17.4 Å². The van der Waals surface area contributed by atoms with Crippen molar-refractivity contribution in [3.8, 4) is 0 Å². The van der Waals surface area contributed by atoms with Crippen LogP contribution in [0.1, 0.15) is 30.8 Å². The van der Waals surface area contributed by atoms with Gasteiger partial charge >= 0.3 is 6.03 Å². The molecular formula is C19H29N5O. The number of urea groups is 1. The van der Waals surface area contributed by atoms with Crippen molar-refractivity contribution < 1.29 is 4.79 Å². The first-order valence-electron chi connectivity index (χ1n) is 8.70. The molecule has 1 unspecified atom stereocenters. The first-order valence-corrected chi connectivity index (χ1v) is 8.70. The third kappa shape index (κ3) is 4.53. The molecule has 0 spiro atoms. The van der Waals surface area contributed by atoms with Crippen molar-refractivity contribution in [2.24, 2.45) is 7.05 Å². The molecule has 0 saturated carbocycles. The lowest BCUT2D eigenvalue weighted by Gasteiger charge is -2.21. The van der Waals surface area contributed by atoms with Gasteiger partial charge in [-0.1, -0.05) is 12.1 Å². The monoisotopic (exact) mass is 343 g/mol. The zero-order chi connectivity index (χ0) is 18.6. The first-order chi connectivity index (χ1) is 11.8. The number of aromatic nitrogens is 2. The third-order valence-electron chi connectivity index (χ3n) is 4.58. The Labute approximate surface area is 150 Å². The molecule has 0 saturated heterocycles. The summed E-state index contributed by atoms with van der Waals surface area (Å²) in [5.74, 6) is 0. The van der Waals surface area contributed by atoms with Crippen LogP contribution >= 0.6 is 0 Å². The summed E-state index contributed by atoms with van der Waals surface area (Å²) in [4.78, 5) is 14.5. The van der Waals surface area contributed by atoms with Gasteiger partial charge in [0.15, 0.2) is 0 Å². The number of anilines is 2. The van der Waals surface area contributed by atoms with E-state index in [9.17, 15) is 4.79 Å². The van der Waals surface area contributed by atoms with E-state index in [1.54, 1.807) is 0 Å². The van der Waals surface area contributed by atoms with E-state index in [0.29, 0.717) is 0 Å². The van der Waals surface area contributed by atoms with Crippen LogP contribution in [-0.2, 0) is 13.5 Å². The molecule has 1 aromatic carbocycles. The zero-order valence-corrected chi connectivity index (χ0v) is 16.1. The predicted molar refractivity (Wildman–Crippen MR) is 103 cm³/mol. The minimum absolute atomic E-state index is 0.0117. The molecule has 0 radical (unpaired) electrons. The largest absolute Gasteiger partial charge is 0.373 e. The summed E-state index contributed by atoms with van der Waals surface area (Å²) in [7, 11) is 3.95. The van der Waals surface area contributed by atoms with Crippen LogP contribution in [0.3, 0.4) is 0 Å². The van der Waals surface area contributed by atoms with Gasteiger partial charge in [0.25, 0.3) is 0 Å². The van der Waals surface area contributed by atoms with E-state index in [1.807, 2.05) is 56.9 Å². The highest BCUT2D eigenvalue weighted by Gasteiger charge is 2.15. The Morgan fingerprint density at radius 2 is 2.00 bits per heavy atom. The van der Waals surface area contributed by atoms with Gasteiger partial charge < -0.3 is 15.5 Å². The van der Waals surface area contributed by atoms with Crippen molar-refractivity contribution in [2.45, 2.75) is 40.2 Å². The fourth-order valence-electron chi connectivity index (χ4n) is 2.93. The summed E-state index contributed by atoms with van der Waals surface area (Å²) in [6.07, 6.45) is 0.759. The number of aryl methyl sites for hydroxylation is 2. The second kappa shape index (κ2) is 8.05. The quantitative estimate of drug-likeness (QED) is 0.846. The van der Waals surface area contributed by atoms with Crippen LogP contribution in [0.5, 0.6) is 0 Å². The van der Waals surface area contributed by atoms with E-state index in [0.717, 1.165) is 35.7 Å². The van der Waals surface area contributed by atoms with Gasteiger partial charge in [0.1, 0.15) is 0 Å². The Kier molecular flexibility index (Phi) is 6.07. The highest BCUT2D eigenvalue weighted by Crippen LogP contribution is 2.24. The second-order valence-electron chi connectivity index (χ2n) is 6.51. The van der Waals surface area contributed by atoms with E-state index in [1.165, 1.54) is 5.56 Å². The molecule has 1 heterocycles. The van der Waals surface area contributed by atoms with Crippen LogP contribution in [0.2, 0.25) is 0 Å². The Balaban J connectivity index is 2.01. The first kappa shape index (κ1) is 18.8.